The summed E-state index contributed by atoms with van der Waals surface area (Å²) in [5.74, 6) is 0.260. The molecule has 1 heterocycles. The number of piperidine rings is 1. The summed E-state index contributed by atoms with van der Waals surface area (Å²) in [6.45, 7) is 1.59. The first kappa shape index (κ1) is 15.5. The van der Waals surface area contributed by atoms with Crippen LogP contribution in [0, 0.1) is 10.1 Å². The summed E-state index contributed by atoms with van der Waals surface area (Å²) in [5, 5.41) is 20.2. The van der Waals surface area contributed by atoms with E-state index in [-0.39, 0.29) is 24.1 Å². The zero-order chi connectivity index (χ0) is 15.2. The Morgan fingerprint density at radius 2 is 2.33 bits per heavy atom. The predicted molar refractivity (Wildman–Crippen MR) is 77.9 cm³/mol. The second-order valence-electron chi connectivity index (χ2n) is 4.89. The van der Waals surface area contributed by atoms with Crippen molar-refractivity contribution in [2.45, 2.75) is 18.9 Å². The molecule has 0 aromatic heterocycles. The van der Waals surface area contributed by atoms with Crippen LogP contribution in [0.15, 0.2) is 18.2 Å². The molecule has 0 aliphatic carbocycles. The molecule has 1 aromatic carbocycles. The Balaban J connectivity index is 2.22. The van der Waals surface area contributed by atoms with E-state index in [0.29, 0.717) is 18.8 Å². The molecule has 1 atom stereocenters. The van der Waals surface area contributed by atoms with Crippen molar-refractivity contribution in [3.05, 3.63) is 28.3 Å². The van der Waals surface area contributed by atoms with E-state index in [1.54, 1.807) is 18.2 Å². The van der Waals surface area contributed by atoms with E-state index in [4.69, 9.17) is 14.6 Å². The van der Waals surface area contributed by atoms with Crippen molar-refractivity contribution in [1.29, 1.82) is 0 Å². The van der Waals surface area contributed by atoms with Gasteiger partial charge in [0, 0.05) is 13.1 Å². The minimum Gasteiger partial charge on any atom is -0.490 e. The van der Waals surface area contributed by atoms with Gasteiger partial charge in [-0.25, -0.2) is 0 Å². The van der Waals surface area contributed by atoms with E-state index in [1.165, 1.54) is 7.11 Å². The summed E-state index contributed by atoms with van der Waals surface area (Å²) in [4.78, 5) is 12.9. The fourth-order valence-electron chi connectivity index (χ4n) is 2.63. The van der Waals surface area contributed by atoms with Crippen LogP contribution in [0.3, 0.4) is 0 Å². The molecule has 1 saturated heterocycles. The SMILES string of the molecule is COc1cccc(N2CCCC(OCCO)C2)c1[N+](=O)[O-]. The fourth-order valence-corrected chi connectivity index (χ4v) is 2.63. The van der Waals surface area contributed by atoms with E-state index in [0.717, 1.165) is 19.4 Å². The van der Waals surface area contributed by atoms with Crippen LogP contribution < -0.4 is 9.64 Å². The third-order valence-electron chi connectivity index (χ3n) is 3.54. The van der Waals surface area contributed by atoms with Crippen LogP contribution in [0.4, 0.5) is 11.4 Å². The number of para-hydroxylation sites is 1. The molecule has 2 rings (SSSR count). The Labute approximate surface area is 123 Å². The lowest BCUT2D eigenvalue weighted by atomic mass is 10.1. The van der Waals surface area contributed by atoms with Gasteiger partial charge < -0.3 is 19.5 Å². The zero-order valence-corrected chi connectivity index (χ0v) is 12.0. The molecule has 1 N–H and O–H groups in total. The highest BCUT2D eigenvalue weighted by Crippen LogP contribution is 2.38. The van der Waals surface area contributed by atoms with Crippen LogP contribution in [-0.4, -0.2) is 49.5 Å². The second-order valence-corrected chi connectivity index (χ2v) is 4.89. The maximum Gasteiger partial charge on any atom is 0.333 e. The Bertz CT molecular complexity index is 494. The van der Waals surface area contributed by atoms with Crippen molar-refractivity contribution in [3.8, 4) is 5.75 Å². The average molecular weight is 296 g/mol. The van der Waals surface area contributed by atoms with E-state index in [2.05, 4.69) is 0 Å². The zero-order valence-electron chi connectivity index (χ0n) is 12.0. The third-order valence-corrected chi connectivity index (χ3v) is 3.54. The quantitative estimate of drug-likeness (QED) is 0.633. The van der Waals surface area contributed by atoms with Crippen molar-refractivity contribution in [1.82, 2.24) is 0 Å². The monoisotopic (exact) mass is 296 g/mol. The van der Waals surface area contributed by atoms with Gasteiger partial charge in [-0.05, 0) is 25.0 Å². The fraction of sp³-hybridized carbons (Fsp3) is 0.571. The smallest absolute Gasteiger partial charge is 0.333 e. The Morgan fingerprint density at radius 3 is 3.00 bits per heavy atom. The van der Waals surface area contributed by atoms with Crippen molar-refractivity contribution >= 4 is 11.4 Å². The summed E-state index contributed by atoms with van der Waals surface area (Å²) < 4.78 is 10.6. The molecular formula is C14H20N2O5. The lowest BCUT2D eigenvalue weighted by molar-refractivity contribution is -0.385. The largest absolute Gasteiger partial charge is 0.490 e. The van der Waals surface area contributed by atoms with Crippen molar-refractivity contribution < 1.29 is 19.5 Å². The minimum absolute atomic E-state index is 0.0113. The predicted octanol–water partition coefficient (Wildman–Crippen LogP) is 1.58. The van der Waals surface area contributed by atoms with Crippen LogP contribution in [0.5, 0.6) is 5.75 Å². The maximum atomic E-state index is 11.3. The molecule has 7 heteroatoms. The van der Waals surface area contributed by atoms with Crippen molar-refractivity contribution in [3.63, 3.8) is 0 Å². The number of benzene rings is 1. The Kier molecular flexibility index (Phi) is 5.35. The molecule has 0 saturated carbocycles. The maximum absolute atomic E-state index is 11.3. The number of hydrogen-bond donors (Lipinski definition) is 1. The first-order valence-electron chi connectivity index (χ1n) is 6.96. The van der Waals surface area contributed by atoms with Gasteiger partial charge in [0.2, 0.25) is 0 Å². The van der Waals surface area contributed by atoms with Gasteiger partial charge in [-0.3, -0.25) is 10.1 Å². The summed E-state index contributed by atoms with van der Waals surface area (Å²) in [6.07, 6.45) is 1.77. The summed E-state index contributed by atoms with van der Waals surface area (Å²) in [6, 6.07) is 5.07. The molecule has 0 spiro atoms. The summed E-state index contributed by atoms with van der Waals surface area (Å²) >= 11 is 0. The van der Waals surface area contributed by atoms with Crippen LogP contribution in [0.25, 0.3) is 0 Å². The number of methoxy groups -OCH3 is 1. The van der Waals surface area contributed by atoms with Gasteiger partial charge in [-0.2, -0.15) is 0 Å². The minimum atomic E-state index is -0.410. The van der Waals surface area contributed by atoms with Crippen molar-refractivity contribution in [2.75, 3.05) is 38.3 Å². The van der Waals surface area contributed by atoms with Crippen LogP contribution >= 0.6 is 0 Å². The normalized spacial score (nSPS) is 18.6. The number of nitrogens with zero attached hydrogens (tertiary/aromatic N) is 2. The Hall–Kier alpha value is -1.86. The average Bonchev–Trinajstić information content (AvgIpc) is 2.52. The molecule has 1 fully saturated rings. The lowest BCUT2D eigenvalue weighted by Gasteiger charge is -2.34. The van der Waals surface area contributed by atoms with Gasteiger partial charge in [0.05, 0.1) is 31.4 Å². The number of rotatable bonds is 6. The Morgan fingerprint density at radius 1 is 1.52 bits per heavy atom. The summed E-state index contributed by atoms with van der Waals surface area (Å²) in [5.41, 5.74) is 0.541. The highest BCUT2D eigenvalue weighted by Gasteiger charge is 2.28. The number of nitro groups is 1. The first-order chi connectivity index (χ1) is 10.2. The van der Waals surface area contributed by atoms with Gasteiger partial charge in [0.1, 0.15) is 5.69 Å². The highest BCUT2D eigenvalue weighted by atomic mass is 16.6. The van der Waals surface area contributed by atoms with Gasteiger partial charge in [0.25, 0.3) is 0 Å². The molecule has 116 valence electrons. The molecule has 21 heavy (non-hydrogen) atoms. The van der Waals surface area contributed by atoms with E-state index < -0.39 is 4.92 Å². The number of aliphatic hydroxyl groups is 1. The van der Waals surface area contributed by atoms with Gasteiger partial charge in [-0.1, -0.05) is 6.07 Å². The van der Waals surface area contributed by atoms with Crippen molar-refractivity contribution in [2.24, 2.45) is 0 Å². The van der Waals surface area contributed by atoms with Gasteiger partial charge >= 0.3 is 5.69 Å². The molecule has 1 unspecified atom stereocenters. The summed E-state index contributed by atoms with van der Waals surface area (Å²) in [7, 11) is 1.43. The molecular weight excluding hydrogens is 276 g/mol. The number of aliphatic hydroxyl groups excluding tert-OH is 1. The van der Waals surface area contributed by atoms with Crippen LogP contribution in [0.1, 0.15) is 12.8 Å². The van der Waals surface area contributed by atoms with Crippen LogP contribution in [-0.2, 0) is 4.74 Å². The van der Waals surface area contributed by atoms with E-state index in [1.807, 2.05) is 4.90 Å². The topological polar surface area (TPSA) is 85.1 Å². The molecule has 0 amide bonds. The molecule has 1 aliphatic rings. The molecule has 0 bridgehead atoms. The molecule has 7 nitrogen and oxygen atoms in total. The van der Waals surface area contributed by atoms with Crippen LogP contribution in [0.2, 0.25) is 0 Å². The molecule has 1 aliphatic heterocycles. The molecule has 1 aromatic rings. The van der Waals surface area contributed by atoms with E-state index in [9.17, 15) is 10.1 Å². The molecule has 0 radical (unpaired) electrons. The number of anilines is 1. The number of ether oxygens (including phenoxy) is 2. The standard InChI is InChI=1S/C14H20N2O5/c1-20-13-6-2-5-12(14(13)16(18)19)15-7-3-4-11(10-15)21-9-8-17/h2,5-6,11,17H,3-4,7-10H2,1H3. The van der Waals surface area contributed by atoms with Gasteiger partial charge in [-0.15, -0.1) is 0 Å². The van der Waals surface area contributed by atoms with Gasteiger partial charge in [0.15, 0.2) is 5.75 Å². The number of hydrogen-bond acceptors (Lipinski definition) is 6. The second kappa shape index (κ2) is 7.24. The highest BCUT2D eigenvalue weighted by molar-refractivity contribution is 5.70. The van der Waals surface area contributed by atoms with E-state index >= 15 is 0 Å². The lowest BCUT2D eigenvalue weighted by Crippen LogP contribution is -2.40. The number of nitro benzene ring substituents is 1. The first-order valence-corrected chi connectivity index (χ1v) is 6.96. The third kappa shape index (κ3) is 3.62.